The standard InChI is InChI=1S/C20H16F2N3O4PS/c1-3-28-19(27)17-18(26)16-14(8-11(10-23)9-15(16)31-2)25(24-17)12-4-6-13(7-5-12)29-20(21,22)30/h4-9H,3,30H2,1-2H3. The van der Waals surface area contributed by atoms with Crippen molar-refractivity contribution in [3.63, 3.8) is 0 Å². The summed E-state index contributed by atoms with van der Waals surface area (Å²) in [5.41, 5.74) is -0.116. The molecule has 0 N–H and O–H groups in total. The van der Waals surface area contributed by atoms with Crippen molar-refractivity contribution in [3.05, 3.63) is 57.9 Å². The molecule has 0 saturated heterocycles. The van der Waals surface area contributed by atoms with Gasteiger partial charge in [0.05, 0.1) is 34.8 Å². The Morgan fingerprint density at radius 1 is 1.32 bits per heavy atom. The van der Waals surface area contributed by atoms with Gasteiger partial charge in [0, 0.05) is 4.90 Å². The summed E-state index contributed by atoms with van der Waals surface area (Å²) in [6.07, 6.45) is 1.74. The summed E-state index contributed by atoms with van der Waals surface area (Å²) in [6, 6.07) is 10.5. The molecule has 7 nitrogen and oxygen atoms in total. The van der Waals surface area contributed by atoms with Gasteiger partial charge in [0.1, 0.15) is 5.75 Å². The average molecular weight is 463 g/mol. The third kappa shape index (κ3) is 4.84. The Hall–Kier alpha value is -3.02. The number of carbonyl (C=O) groups excluding carboxylic acids is 1. The van der Waals surface area contributed by atoms with E-state index >= 15 is 0 Å². The van der Waals surface area contributed by atoms with Crippen LogP contribution in [0.2, 0.25) is 0 Å². The molecule has 1 atom stereocenters. The van der Waals surface area contributed by atoms with Crippen molar-refractivity contribution in [2.24, 2.45) is 0 Å². The van der Waals surface area contributed by atoms with Gasteiger partial charge >= 0.3 is 11.8 Å². The van der Waals surface area contributed by atoms with Crippen molar-refractivity contribution in [2.45, 2.75) is 17.7 Å². The SMILES string of the molecule is CCOC(=O)c1nn(-c2ccc(OC(F)(F)P)cc2)c2cc(C#N)cc(SC)c2c1=O. The van der Waals surface area contributed by atoms with E-state index in [0.29, 0.717) is 16.1 Å². The highest BCUT2D eigenvalue weighted by molar-refractivity contribution is 7.98. The Labute approximate surface area is 182 Å². The molecular formula is C20H16F2N3O4PS. The van der Waals surface area contributed by atoms with E-state index in [-0.39, 0.29) is 23.3 Å². The van der Waals surface area contributed by atoms with Crippen LogP contribution in [-0.4, -0.2) is 34.5 Å². The monoisotopic (exact) mass is 463 g/mol. The molecule has 3 rings (SSSR count). The minimum absolute atomic E-state index is 0.0516. The van der Waals surface area contributed by atoms with Gasteiger partial charge in [-0.2, -0.15) is 19.1 Å². The molecule has 0 amide bonds. The number of rotatable bonds is 6. The maximum absolute atomic E-state index is 13.1. The fraction of sp³-hybridized carbons (Fsp3) is 0.200. The third-order valence-corrected chi connectivity index (χ3v) is 4.98. The molecule has 0 radical (unpaired) electrons. The number of alkyl halides is 2. The van der Waals surface area contributed by atoms with Crippen LogP contribution >= 0.6 is 21.0 Å². The van der Waals surface area contributed by atoms with E-state index in [0.717, 1.165) is 0 Å². The third-order valence-electron chi connectivity index (χ3n) is 4.10. The number of hydrogen-bond donors (Lipinski definition) is 0. The fourth-order valence-electron chi connectivity index (χ4n) is 2.88. The Balaban J connectivity index is 2.31. The highest BCUT2D eigenvalue weighted by atomic mass is 32.2. The van der Waals surface area contributed by atoms with Gasteiger partial charge in [-0.15, -0.1) is 11.8 Å². The van der Waals surface area contributed by atoms with E-state index in [9.17, 15) is 23.6 Å². The number of thioether (sulfide) groups is 1. The van der Waals surface area contributed by atoms with Crippen molar-refractivity contribution < 1.29 is 23.0 Å². The summed E-state index contributed by atoms with van der Waals surface area (Å²) in [4.78, 5) is 25.9. The Morgan fingerprint density at radius 3 is 2.55 bits per heavy atom. The number of benzene rings is 2. The van der Waals surface area contributed by atoms with Crippen molar-refractivity contribution in [1.29, 1.82) is 5.26 Å². The maximum atomic E-state index is 13.1. The van der Waals surface area contributed by atoms with Crippen LogP contribution in [0.15, 0.2) is 46.1 Å². The van der Waals surface area contributed by atoms with E-state index in [2.05, 4.69) is 9.84 Å². The topological polar surface area (TPSA) is 94.2 Å². The Morgan fingerprint density at radius 2 is 2.00 bits per heavy atom. The van der Waals surface area contributed by atoms with Crippen LogP contribution in [0.5, 0.6) is 5.75 Å². The zero-order valence-corrected chi connectivity index (χ0v) is 18.4. The summed E-state index contributed by atoms with van der Waals surface area (Å²) in [5.74, 6) is -4.42. The molecule has 2 aromatic carbocycles. The molecular weight excluding hydrogens is 447 g/mol. The van der Waals surface area contributed by atoms with E-state index in [1.165, 1.54) is 56.0 Å². The summed E-state index contributed by atoms with van der Waals surface area (Å²) in [7, 11) is 1.28. The van der Waals surface area contributed by atoms with Gasteiger partial charge in [0.15, 0.2) is 0 Å². The number of nitriles is 1. The lowest BCUT2D eigenvalue weighted by Crippen LogP contribution is -2.24. The molecule has 31 heavy (non-hydrogen) atoms. The quantitative estimate of drug-likeness (QED) is 0.310. The van der Waals surface area contributed by atoms with Crippen molar-refractivity contribution in [3.8, 4) is 17.5 Å². The molecule has 0 aliphatic heterocycles. The first kappa shape index (κ1) is 22.7. The first-order valence-corrected chi connectivity index (χ1v) is 10.7. The van der Waals surface area contributed by atoms with Crippen LogP contribution in [0.4, 0.5) is 8.78 Å². The van der Waals surface area contributed by atoms with Crippen molar-refractivity contribution >= 4 is 37.9 Å². The average Bonchev–Trinajstić information content (AvgIpc) is 2.72. The second-order valence-corrected chi connectivity index (χ2v) is 7.67. The molecule has 0 aliphatic rings. The molecule has 0 saturated carbocycles. The largest absolute Gasteiger partial charge is 0.461 e. The van der Waals surface area contributed by atoms with E-state index in [1.54, 1.807) is 19.2 Å². The van der Waals surface area contributed by atoms with Crippen LogP contribution in [0.1, 0.15) is 23.0 Å². The predicted molar refractivity (Wildman–Crippen MR) is 115 cm³/mol. The summed E-state index contributed by atoms with van der Waals surface area (Å²) in [6.45, 7) is 1.65. The van der Waals surface area contributed by atoms with Crippen LogP contribution in [0.3, 0.4) is 0 Å². The van der Waals surface area contributed by atoms with Gasteiger partial charge < -0.3 is 9.47 Å². The van der Waals surface area contributed by atoms with Gasteiger partial charge in [-0.3, -0.25) is 4.79 Å². The zero-order valence-electron chi connectivity index (χ0n) is 16.4. The lowest BCUT2D eigenvalue weighted by Gasteiger charge is -2.16. The molecule has 0 bridgehead atoms. The highest BCUT2D eigenvalue weighted by Gasteiger charge is 2.24. The Kier molecular flexibility index (Phi) is 6.58. The number of nitrogens with zero attached hydrogens (tertiary/aromatic N) is 3. The van der Waals surface area contributed by atoms with Crippen molar-refractivity contribution in [2.75, 3.05) is 12.9 Å². The summed E-state index contributed by atoms with van der Waals surface area (Å²) < 4.78 is 36.9. The number of halogens is 2. The molecule has 1 heterocycles. The second kappa shape index (κ2) is 9.00. The number of esters is 1. The number of fused-ring (bicyclic) bond motifs is 1. The lowest BCUT2D eigenvalue weighted by molar-refractivity contribution is -0.0892. The molecule has 1 unspecified atom stereocenters. The van der Waals surface area contributed by atoms with Gasteiger partial charge in [-0.05, 0) is 58.8 Å². The fourth-order valence-corrected chi connectivity index (χ4v) is 3.66. The smallest absolute Gasteiger partial charge is 0.408 e. The Bertz CT molecular complexity index is 1250. The predicted octanol–water partition coefficient (Wildman–Crippen LogP) is 3.96. The highest BCUT2D eigenvalue weighted by Crippen LogP contribution is 2.30. The van der Waals surface area contributed by atoms with Crippen LogP contribution < -0.4 is 10.2 Å². The minimum Gasteiger partial charge on any atom is -0.461 e. The lowest BCUT2D eigenvalue weighted by atomic mass is 10.1. The molecule has 0 spiro atoms. The van der Waals surface area contributed by atoms with E-state index in [1.807, 2.05) is 6.07 Å². The molecule has 1 aromatic heterocycles. The first-order chi connectivity index (χ1) is 14.7. The molecule has 0 fully saturated rings. The normalized spacial score (nSPS) is 11.2. The van der Waals surface area contributed by atoms with Crippen LogP contribution in [0.25, 0.3) is 16.6 Å². The number of carbonyl (C=O) groups is 1. The minimum atomic E-state index is -3.43. The van der Waals surface area contributed by atoms with Gasteiger partial charge in [-0.1, -0.05) is 0 Å². The van der Waals surface area contributed by atoms with Crippen LogP contribution in [0, 0.1) is 11.3 Å². The second-order valence-electron chi connectivity index (χ2n) is 6.15. The van der Waals surface area contributed by atoms with Gasteiger partial charge in [0.25, 0.3) is 0 Å². The number of ether oxygens (including phenoxy) is 2. The van der Waals surface area contributed by atoms with Gasteiger partial charge in [-0.25, -0.2) is 9.48 Å². The molecule has 3 aromatic rings. The number of hydrogen-bond acceptors (Lipinski definition) is 7. The summed E-state index contributed by atoms with van der Waals surface area (Å²) in [5, 5.41) is 13.7. The molecule has 11 heteroatoms. The molecule has 0 aliphatic carbocycles. The van der Waals surface area contributed by atoms with E-state index < -0.39 is 22.9 Å². The number of aromatic nitrogens is 2. The van der Waals surface area contributed by atoms with Crippen LogP contribution in [-0.2, 0) is 4.74 Å². The zero-order chi connectivity index (χ0) is 22.8. The van der Waals surface area contributed by atoms with E-state index in [4.69, 9.17) is 4.74 Å². The molecule has 160 valence electrons. The summed E-state index contributed by atoms with van der Waals surface area (Å²) >= 11 is 1.24. The van der Waals surface area contributed by atoms with Gasteiger partial charge in [0.2, 0.25) is 11.1 Å². The maximum Gasteiger partial charge on any atom is 0.408 e. The first-order valence-electron chi connectivity index (χ1n) is 8.87. The van der Waals surface area contributed by atoms with Crippen molar-refractivity contribution in [1.82, 2.24) is 9.78 Å².